The third-order valence-corrected chi connectivity index (χ3v) is 3.54. The second-order valence-corrected chi connectivity index (χ2v) is 5.27. The minimum absolute atomic E-state index is 0.153. The van der Waals surface area contributed by atoms with E-state index in [2.05, 4.69) is 25.9 Å². The van der Waals surface area contributed by atoms with E-state index in [4.69, 9.17) is 15.7 Å². The van der Waals surface area contributed by atoms with Crippen molar-refractivity contribution in [1.29, 1.82) is 0 Å². The van der Waals surface area contributed by atoms with Crippen LogP contribution in [0.25, 0.3) is 0 Å². The number of nitrogens with two attached hydrogens (primary N) is 1. The standard InChI is InChI=1S/C12H24N2O2/c1-8(2)10-5-4-9(3)6-11(10)16-7-12(13)14-15/h8-11,15H,4-7H2,1-3H3,(H2,13,14). The molecule has 94 valence electrons. The summed E-state index contributed by atoms with van der Waals surface area (Å²) in [5.74, 6) is 2.10. The summed E-state index contributed by atoms with van der Waals surface area (Å²) in [6, 6.07) is 0. The molecular formula is C12H24N2O2. The van der Waals surface area contributed by atoms with Gasteiger partial charge in [-0.05, 0) is 30.6 Å². The third-order valence-electron chi connectivity index (χ3n) is 3.54. The van der Waals surface area contributed by atoms with Gasteiger partial charge in [0.05, 0.1) is 6.10 Å². The Hall–Kier alpha value is -0.770. The van der Waals surface area contributed by atoms with Crippen molar-refractivity contribution in [2.24, 2.45) is 28.6 Å². The van der Waals surface area contributed by atoms with Crippen molar-refractivity contribution in [3.8, 4) is 0 Å². The highest BCUT2D eigenvalue weighted by Crippen LogP contribution is 2.35. The third kappa shape index (κ3) is 3.67. The van der Waals surface area contributed by atoms with Gasteiger partial charge in [-0.15, -0.1) is 0 Å². The summed E-state index contributed by atoms with van der Waals surface area (Å²) < 4.78 is 5.76. The maximum absolute atomic E-state index is 8.47. The van der Waals surface area contributed by atoms with Crippen LogP contribution in [0.4, 0.5) is 0 Å². The first-order valence-electron chi connectivity index (χ1n) is 6.12. The van der Waals surface area contributed by atoms with Crippen LogP contribution in [-0.2, 0) is 4.74 Å². The molecule has 4 nitrogen and oxygen atoms in total. The first-order chi connectivity index (χ1) is 7.54. The fourth-order valence-electron chi connectivity index (χ4n) is 2.53. The van der Waals surface area contributed by atoms with Crippen molar-refractivity contribution in [3.05, 3.63) is 0 Å². The topological polar surface area (TPSA) is 67.8 Å². The van der Waals surface area contributed by atoms with Crippen molar-refractivity contribution in [1.82, 2.24) is 0 Å². The molecule has 0 aromatic carbocycles. The average molecular weight is 228 g/mol. The summed E-state index contributed by atoms with van der Waals surface area (Å²) in [7, 11) is 0. The summed E-state index contributed by atoms with van der Waals surface area (Å²) >= 11 is 0. The highest BCUT2D eigenvalue weighted by molar-refractivity contribution is 5.80. The van der Waals surface area contributed by atoms with E-state index in [1.807, 2.05) is 0 Å². The van der Waals surface area contributed by atoms with E-state index in [0.29, 0.717) is 17.8 Å². The maximum Gasteiger partial charge on any atom is 0.165 e. The molecule has 0 amide bonds. The molecule has 0 bridgehead atoms. The summed E-state index contributed by atoms with van der Waals surface area (Å²) in [5, 5.41) is 11.4. The van der Waals surface area contributed by atoms with E-state index < -0.39 is 0 Å². The zero-order valence-electron chi connectivity index (χ0n) is 10.5. The Morgan fingerprint density at radius 2 is 2.19 bits per heavy atom. The van der Waals surface area contributed by atoms with Crippen LogP contribution in [-0.4, -0.2) is 23.8 Å². The van der Waals surface area contributed by atoms with Gasteiger partial charge in [0.2, 0.25) is 0 Å². The summed E-state index contributed by atoms with van der Waals surface area (Å²) in [6.45, 7) is 6.97. The second kappa shape index (κ2) is 6.09. The minimum atomic E-state index is 0.153. The molecule has 0 aromatic rings. The number of oxime groups is 1. The van der Waals surface area contributed by atoms with Gasteiger partial charge in [-0.1, -0.05) is 32.3 Å². The quantitative estimate of drug-likeness (QED) is 0.335. The van der Waals surface area contributed by atoms with E-state index in [0.717, 1.165) is 6.42 Å². The number of ether oxygens (including phenoxy) is 1. The van der Waals surface area contributed by atoms with Crippen molar-refractivity contribution in [2.45, 2.75) is 46.1 Å². The van der Waals surface area contributed by atoms with Crippen LogP contribution in [0, 0.1) is 17.8 Å². The van der Waals surface area contributed by atoms with Crippen LogP contribution in [0.5, 0.6) is 0 Å². The summed E-state index contributed by atoms with van der Waals surface area (Å²) in [5.41, 5.74) is 5.42. The van der Waals surface area contributed by atoms with E-state index in [9.17, 15) is 0 Å². The van der Waals surface area contributed by atoms with Crippen LogP contribution in [0.2, 0.25) is 0 Å². The average Bonchev–Trinajstić information content (AvgIpc) is 2.25. The molecule has 0 aliphatic heterocycles. The van der Waals surface area contributed by atoms with Crippen molar-refractivity contribution >= 4 is 5.84 Å². The molecule has 4 heteroatoms. The lowest BCUT2D eigenvalue weighted by atomic mass is 9.75. The molecule has 3 atom stereocenters. The molecule has 1 saturated carbocycles. The Morgan fingerprint density at radius 3 is 2.75 bits per heavy atom. The Morgan fingerprint density at radius 1 is 1.50 bits per heavy atom. The molecule has 16 heavy (non-hydrogen) atoms. The molecule has 0 saturated heterocycles. The molecule has 0 heterocycles. The van der Waals surface area contributed by atoms with E-state index >= 15 is 0 Å². The molecule has 1 rings (SSSR count). The van der Waals surface area contributed by atoms with Crippen molar-refractivity contribution < 1.29 is 9.94 Å². The van der Waals surface area contributed by atoms with Gasteiger partial charge in [-0.2, -0.15) is 0 Å². The van der Waals surface area contributed by atoms with E-state index in [1.54, 1.807) is 0 Å². The number of rotatable bonds is 4. The lowest BCUT2D eigenvalue weighted by Crippen LogP contribution is -2.36. The number of hydrogen-bond acceptors (Lipinski definition) is 3. The predicted octanol–water partition coefficient (Wildman–Crippen LogP) is 2.21. The van der Waals surface area contributed by atoms with Crippen LogP contribution in [0.1, 0.15) is 40.0 Å². The molecule has 0 spiro atoms. The lowest BCUT2D eigenvalue weighted by Gasteiger charge is -2.37. The molecule has 0 radical (unpaired) electrons. The smallest absolute Gasteiger partial charge is 0.165 e. The van der Waals surface area contributed by atoms with Crippen LogP contribution in [0.3, 0.4) is 0 Å². The predicted molar refractivity (Wildman–Crippen MR) is 64.5 cm³/mol. The lowest BCUT2D eigenvalue weighted by molar-refractivity contribution is -0.0227. The normalized spacial score (nSPS) is 32.0. The van der Waals surface area contributed by atoms with Gasteiger partial charge in [0.1, 0.15) is 6.61 Å². The van der Waals surface area contributed by atoms with Gasteiger partial charge in [-0.3, -0.25) is 0 Å². The summed E-state index contributed by atoms with van der Waals surface area (Å²) in [6.07, 6.45) is 3.84. The molecule has 1 fully saturated rings. The fraction of sp³-hybridized carbons (Fsp3) is 0.917. The number of hydrogen-bond donors (Lipinski definition) is 2. The highest BCUT2D eigenvalue weighted by atomic mass is 16.5. The molecule has 0 aromatic heterocycles. The van der Waals surface area contributed by atoms with Gasteiger partial charge in [0.15, 0.2) is 5.84 Å². The zero-order valence-corrected chi connectivity index (χ0v) is 10.5. The Kier molecular flexibility index (Phi) is 5.06. The molecular weight excluding hydrogens is 204 g/mol. The van der Waals surface area contributed by atoms with E-state index in [-0.39, 0.29) is 18.5 Å². The molecule has 3 unspecified atom stereocenters. The summed E-state index contributed by atoms with van der Waals surface area (Å²) in [4.78, 5) is 0. The Labute approximate surface area is 97.8 Å². The number of nitrogens with zero attached hydrogens (tertiary/aromatic N) is 1. The fourth-order valence-corrected chi connectivity index (χ4v) is 2.53. The van der Waals surface area contributed by atoms with Gasteiger partial charge in [0, 0.05) is 0 Å². The molecule has 1 aliphatic rings. The SMILES string of the molecule is CC1CCC(C(C)C)C(OC/C(N)=N/O)C1. The first-order valence-corrected chi connectivity index (χ1v) is 6.12. The monoisotopic (exact) mass is 228 g/mol. The molecule has 3 N–H and O–H groups in total. The van der Waals surface area contributed by atoms with Gasteiger partial charge >= 0.3 is 0 Å². The second-order valence-electron chi connectivity index (χ2n) is 5.27. The van der Waals surface area contributed by atoms with Crippen molar-refractivity contribution in [2.75, 3.05) is 6.61 Å². The van der Waals surface area contributed by atoms with Crippen LogP contribution >= 0.6 is 0 Å². The number of amidine groups is 1. The minimum Gasteiger partial charge on any atom is -0.409 e. The Balaban J connectivity index is 2.51. The van der Waals surface area contributed by atoms with Crippen molar-refractivity contribution in [3.63, 3.8) is 0 Å². The first kappa shape index (κ1) is 13.3. The highest BCUT2D eigenvalue weighted by Gasteiger charge is 2.31. The van der Waals surface area contributed by atoms with Crippen LogP contribution < -0.4 is 5.73 Å². The van der Waals surface area contributed by atoms with E-state index in [1.165, 1.54) is 12.8 Å². The maximum atomic E-state index is 8.47. The van der Waals surface area contributed by atoms with Crippen LogP contribution in [0.15, 0.2) is 5.16 Å². The van der Waals surface area contributed by atoms with Gasteiger partial charge < -0.3 is 15.7 Å². The van der Waals surface area contributed by atoms with Gasteiger partial charge in [-0.25, -0.2) is 0 Å². The zero-order chi connectivity index (χ0) is 12.1. The largest absolute Gasteiger partial charge is 0.409 e. The van der Waals surface area contributed by atoms with Gasteiger partial charge in [0.25, 0.3) is 0 Å². The molecule has 1 aliphatic carbocycles. The Bertz CT molecular complexity index is 241.